The summed E-state index contributed by atoms with van der Waals surface area (Å²) in [5.41, 5.74) is 22.1. The third-order valence-corrected chi connectivity index (χ3v) is 18.5. The minimum atomic E-state index is -1.50. The zero-order valence-corrected chi connectivity index (χ0v) is 78.7. The average Bonchev–Trinajstić information content (AvgIpc) is 0.785. The van der Waals surface area contributed by atoms with E-state index in [0.717, 1.165) is 59.2 Å². The molecule has 7 aromatic carbocycles. The van der Waals surface area contributed by atoms with E-state index in [1.165, 1.54) is 100 Å². The van der Waals surface area contributed by atoms with Crippen molar-refractivity contribution in [3.63, 3.8) is 0 Å². The molecule has 4 unspecified atom stereocenters. The summed E-state index contributed by atoms with van der Waals surface area (Å²) < 4.78 is 104. The summed E-state index contributed by atoms with van der Waals surface area (Å²) in [5.74, 6) is -3.58. The summed E-state index contributed by atoms with van der Waals surface area (Å²) in [6.07, 6.45) is 7.59. The number of hydrogen-bond donors (Lipinski definition) is 10. The number of nitrogens with two attached hydrogens (primary N) is 4. The zero-order valence-electron chi connectivity index (χ0n) is 67.4. The number of nitrogen functional groups attached to an aromatic ring is 4. The van der Waals surface area contributed by atoms with Crippen molar-refractivity contribution >= 4 is 222 Å². The molecule has 33 nitrogen and oxygen atoms in total. The standard InChI is InChI=1S/C19H25FN4O2.C11H22N2O2.C8H6BrFN2O3.C8H4BrFN2.C8H7BrFNO.C6H4BrFN2O2.C6H6BrFN2.C6H5BrFN.C2H3ClO.C2H2O2.3CH4.Fe.HNO3/c1-12-9-13(23-18(25)26-19(2,3)4)11-24(10-12)15-6-5-14(20)16-17(15)22-8-7-21-16;1-8-5-9(7-12-6-8)13-10(14)15-11(2,3)4;1-4(13)11-7-5(9)2-3-6(10)8(7)12(14)15;9-5-1-2-6(10)8-7(5)11-3-4-12-8;1-5(12)11-8-4-6(10)2-3-7(8)9;7-3-1-2-4(8)6(5(3)9)10(11)12;7-3-1-2-4(8)6(10)5(3)9;7-5-2-1-4(8)3-6(5)9;1-2(3)4;3-1-2-4;;;;;2-1(3)4/h5-8,12-13H,9-11H2,1-4H3,(H,23,25);8-9,12H,5-7H2,1-4H3,(H,13,14);2-3H,1H3,(H,11,13);1-4H;2-4H,1H3,(H,11,12);1-2H,9H2;1-2H,9-10H2;1-3H,9H2;1H3;1-2H;3*1H4;;(H,2,3,4). The number of aromatic nitrogens is 4. The number of fused-ring (bicyclic) bond motifs is 2. The predicted octanol–water partition coefficient (Wildman–Crippen LogP) is 20.3. The molecule has 0 radical (unpaired) electrons. The van der Waals surface area contributed by atoms with Crippen molar-refractivity contribution in [3.05, 3.63) is 220 Å². The van der Waals surface area contributed by atoms with Crippen LogP contribution in [0.4, 0.5) is 91.5 Å². The van der Waals surface area contributed by atoms with Crippen molar-refractivity contribution in [3.8, 4) is 0 Å². The number of aldehydes is 2. The molecule has 4 heterocycles. The molecule has 2 aliphatic heterocycles. The van der Waals surface area contributed by atoms with E-state index in [1.807, 2.05) is 41.5 Å². The molecule has 0 aliphatic carbocycles. The number of carbonyl (C=O) groups is 7. The quantitative estimate of drug-likeness (QED) is 0.00987. The Labute approximate surface area is 793 Å². The van der Waals surface area contributed by atoms with Gasteiger partial charge < -0.3 is 69.1 Å². The van der Waals surface area contributed by atoms with Crippen molar-refractivity contribution in [1.82, 2.24) is 35.9 Å². The number of piperidine rings is 2. The monoisotopic (exact) mass is 2240 g/mol. The second-order valence-electron chi connectivity index (χ2n) is 27.1. The molecule has 4 amide bonds. The SMILES string of the molecule is C.C.C.CC(=O)Cl.CC(=O)Nc1c(Br)ccc(F)c1[N+](=O)[O-].CC(=O)Nc1cc(F)ccc1Br.CC1CC(NC(=O)OC(C)(C)C)CN(c2ccc(F)c3nccnc23)C1.CC1CNCC(NC(=O)OC(C)(C)C)C1.Fc1ccc(Br)c2nccnc12.Nc1c(Br)ccc(F)c1[N+](=O)[O-].Nc1c(F)ccc(Br)c1N.Nc1cc(F)ccc1Br.O=CC=O.O=[N+]([O-])O.[Fe]. The van der Waals surface area contributed by atoms with E-state index in [4.69, 9.17) is 57.3 Å². The van der Waals surface area contributed by atoms with Crippen LogP contribution in [0.25, 0.3) is 22.1 Å². The average molecular weight is 2240 g/mol. The maximum absolute atomic E-state index is 14.0. The van der Waals surface area contributed by atoms with Crippen LogP contribution < -0.4 is 54.4 Å². The minimum absolute atomic E-state index is 0. The third kappa shape index (κ3) is 48.6. The molecule has 700 valence electrons. The number of anilines is 7. The molecule has 2 saturated heterocycles. The van der Waals surface area contributed by atoms with Gasteiger partial charge in [0.15, 0.2) is 24.2 Å². The number of nitrogens with zero attached hydrogens (tertiary/aromatic N) is 8. The van der Waals surface area contributed by atoms with Crippen LogP contribution in [0, 0.1) is 82.9 Å². The van der Waals surface area contributed by atoms with Crippen molar-refractivity contribution in [2.75, 3.05) is 64.6 Å². The van der Waals surface area contributed by atoms with E-state index >= 15 is 0 Å². The molecular weight excluding hydrogens is 2150 g/mol. The second kappa shape index (κ2) is 61.3. The van der Waals surface area contributed by atoms with Crippen LogP contribution >= 0.6 is 107 Å². The van der Waals surface area contributed by atoms with Crippen LogP contribution in [-0.4, -0.2) is 131 Å². The van der Waals surface area contributed by atoms with Gasteiger partial charge in [-0.1, -0.05) is 36.1 Å². The Balaban J connectivity index is -0.000000678. The van der Waals surface area contributed by atoms with Gasteiger partial charge in [0.1, 0.15) is 62.1 Å². The molecule has 0 spiro atoms. The Hall–Kier alpha value is -10.1. The molecule has 2 fully saturated rings. The number of ether oxygens (including phenoxy) is 2. The van der Waals surface area contributed by atoms with Gasteiger partial charge in [-0.3, -0.25) is 54.2 Å². The summed E-state index contributed by atoms with van der Waals surface area (Å²) in [5, 5.41) is 47.9. The van der Waals surface area contributed by atoms with E-state index in [2.05, 4.69) is 172 Å². The number of nitro groups is 2. The van der Waals surface area contributed by atoms with Crippen LogP contribution in [0.5, 0.6) is 0 Å². The fourth-order valence-corrected chi connectivity index (χ4v) is 11.9. The predicted molar refractivity (Wildman–Crippen MR) is 493 cm³/mol. The van der Waals surface area contributed by atoms with Gasteiger partial charge in [-0.15, -0.1) is 10.1 Å². The van der Waals surface area contributed by atoms with Gasteiger partial charge in [0, 0.05) is 127 Å². The molecule has 0 saturated carbocycles. The van der Waals surface area contributed by atoms with Crippen LogP contribution in [0.1, 0.15) is 111 Å². The van der Waals surface area contributed by atoms with Crippen LogP contribution in [0.3, 0.4) is 0 Å². The van der Waals surface area contributed by atoms with Gasteiger partial charge in [-0.05, 0) is 277 Å². The molecular formula is C79H97Br6ClF7FeN17O16. The number of alkyl carbamates (subject to hydrolysis) is 2. The van der Waals surface area contributed by atoms with Gasteiger partial charge in [-0.25, -0.2) is 41.5 Å². The van der Waals surface area contributed by atoms with Crippen molar-refractivity contribution in [2.45, 2.75) is 135 Å². The fourth-order valence-electron chi connectivity index (χ4n) is 9.76. The van der Waals surface area contributed by atoms with Crippen molar-refractivity contribution < 1.29 is 111 Å². The Morgan fingerprint density at radius 1 is 0.520 bits per heavy atom. The van der Waals surface area contributed by atoms with Gasteiger partial charge in [0.05, 0.1) is 32.6 Å². The molecule has 14 N–H and O–H groups in total. The van der Waals surface area contributed by atoms with E-state index in [0.29, 0.717) is 59.7 Å². The normalized spacial score (nSPS) is 13.5. The van der Waals surface area contributed by atoms with Crippen LogP contribution in [-0.2, 0) is 50.5 Å². The molecule has 11 rings (SSSR count). The number of nitro benzene ring substituents is 2. The second-order valence-corrected chi connectivity index (χ2v) is 32.7. The first-order valence-corrected chi connectivity index (χ1v) is 40.3. The van der Waals surface area contributed by atoms with E-state index in [-0.39, 0.29) is 137 Å². The summed E-state index contributed by atoms with van der Waals surface area (Å²) in [4.78, 5) is 118. The first-order valence-electron chi connectivity index (χ1n) is 35.1. The minimum Gasteiger partial charge on any atom is -0.444 e. The summed E-state index contributed by atoms with van der Waals surface area (Å²) in [6.45, 7) is 22.6. The Morgan fingerprint density at radius 2 is 0.906 bits per heavy atom. The van der Waals surface area contributed by atoms with Gasteiger partial charge in [0.2, 0.25) is 28.7 Å². The molecule has 2 aromatic heterocycles. The van der Waals surface area contributed by atoms with Gasteiger partial charge >= 0.3 is 23.6 Å². The summed E-state index contributed by atoms with van der Waals surface area (Å²) in [6, 6.07) is 21.9. The Bertz CT molecular complexity index is 5040. The Kier molecular flexibility index (Phi) is 59.5. The number of benzene rings is 7. The van der Waals surface area contributed by atoms with Crippen LogP contribution in [0.2, 0.25) is 0 Å². The number of hydrogen-bond acceptors (Lipinski definition) is 25. The van der Waals surface area contributed by atoms with Gasteiger partial charge in [0.25, 0.3) is 5.09 Å². The molecule has 0 bridgehead atoms. The summed E-state index contributed by atoms with van der Waals surface area (Å²) in [7, 11) is 0. The zero-order chi connectivity index (χ0) is 94.1. The number of halogens is 14. The first-order chi connectivity index (χ1) is 57.1. The molecule has 4 atom stereocenters. The van der Waals surface area contributed by atoms with E-state index < -0.39 is 67.0 Å². The van der Waals surface area contributed by atoms with Gasteiger partial charge in [-0.2, -0.15) is 8.78 Å². The van der Waals surface area contributed by atoms with Crippen LogP contribution in [0.15, 0.2) is 149 Å². The topological polar surface area (TPSA) is 507 Å². The summed E-state index contributed by atoms with van der Waals surface area (Å²) >= 11 is 23.3. The maximum atomic E-state index is 14.0. The molecule has 127 heavy (non-hydrogen) atoms. The molecule has 48 heteroatoms. The van der Waals surface area contributed by atoms with Crippen molar-refractivity contribution in [1.29, 1.82) is 0 Å². The van der Waals surface area contributed by atoms with E-state index in [1.54, 1.807) is 30.5 Å². The number of rotatable bonds is 8. The Morgan fingerprint density at radius 3 is 1.33 bits per heavy atom. The van der Waals surface area contributed by atoms with E-state index in [9.17, 15) is 74.9 Å². The largest absolute Gasteiger partial charge is 0.444 e. The third-order valence-electron chi connectivity index (χ3n) is 14.4. The maximum Gasteiger partial charge on any atom is 0.407 e. The number of carbonyl (C=O) groups excluding carboxylic acids is 7. The molecule has 2 aliphatic rings. The smallest absolute Gasteiger partial charge is 0.407 e. The fraction of sp³-hybridized carbons (Fsp3) is 0.329. The number of nitrogens with one attached hydrogen (secondary N) is 5. The first kappa shape index (κ1) is 123. The molecule has 9 aromatic rings. The number of amides is 4. The van der Waals surface area contributed by atoms with Crippen molar-refractivity contribution in [2.24, 2.45) is 11.8 Å².